The minimum absolute atomic E-state index is 0.123. The fourth-order valence-electron chi connectivity index (χ4n) is 1.57. The van der Waals surface area contributed by atoms with E-state index in [2.05, 4.69) is 10.2 Å². The fraction of sp³-hybridized carbons (Fsp3) is 0.889. The topological polar surface area (TPSA) is 58.4 Å². The van der Waals surface area contributed by atoms with Crippen LogP contribution >= 0.6 is 0 Å². The molecule has 1 fully saturated rings. The third-order valence-corrected chi connectivity index (χ3v) is 2.32. The number of nitrogens with one attached hydrogen (secondary N) is 1. The van der Waals surface area contributed by atoms with Gasteiger partial charge in [-0.1, -0.05) is 0 Å². The van der Waals surface area contributed by atoms with Gasteiger partial charge in [0, 0.05) is 26.1 Å². The molecule has 1 saturated heterocycles. The average Bonchev–Trinajstić information content (AvgIpc) is 2.64. The summed E-state index contributed by atoms with van der Waals surface area (Å²) in [7, 11) is 0. The standard InChI is InChI=1S/C9H19N3O/c10-4-5-11-9(13)3-8-12-6-1-2-7-12/h1-8,10H2,(H,11,13). The van der Waals surface area contributed by atoms with Crippen molar-refractivity contribution in [1.29, 1.82) is 0 Å². The Morgan fingerprint density at radius 3 is 2.69 bits per heavy atom. The van der Waals surface area contributed by atoms with Gasteiger partial charge in [0.15, 0.2) is 0 Å². The van der Waals surface area contributed by atoms with Gasteiger partial charge in [0.05, 0.1) is 0 Å². The first kappa shape index (κ1) is 10.5. The summed E-state index contributed by atoms with van der Waals surface area (Å²) in [5.41, 5.74) is 5.27. The van der Waals surface area contributed by atoms with Gasteiger partial charge in [-0.15, -0.1) is 0 Å². The molecule has 0 bridgehead atoms. The van der Waals surface area contributed by atoms with Gasteiger partial charge in [-0.05, 0) is 25.9 Å². The van der Waals surface area contributed by atoms with Crippen LogP contribution in [0.25, 0.3) is 0 Å². The van der Waals surface area contributed by atoms with Crippen molar-refractivity contribution in [1.82, 2.24) is 10.2 Å². The molecule has 0 saturated carbocycles. The van der Waals surface area contributed by atoms with Crippen LogP contribution in [-0.2, 0) is 4.79 Å². The second-order valence-electron chi connectivity index (χ2n) is 3.44. The van der Waals surface area contributed by atoms with Crippen molar-refractivity contribution in [2.75, 3.05) is 32.7 Å². The van der Waals surface area contributed by atoms with Crippen molar-refractivity contribution < 1.29 is 4.79 Å². The maximum Gasteiger partial charge on any atom is 0.221 e. The maximum atomic E-state index is 11.2. The SMILES string of the molecule is NCCNC(=O)CCN1CCCC1. The van der Waals surface area contributed by atoms with E-state index >= 15 is 0 Å². The Morgan fingerprint density at radius 2 is 2.08 bits per heavy atom. The van der Waals surface area contributed by atoms with Gasteiger partial charge in [-0.2, -0.15) is 0 Å². The van der Waals surface area contributed by atoms with Crippen molar-refractivity contribution in [2.24, 2.45) is 5.73 Å². The summed E-state index contributed by atoms with van der Waals surface area (Å²) in [4.78, 5) is 13.5. The monoisotopic (exact) mass is 185 g/mol. The average molecular weight is 185 g/mol. The highest BCUT2D eigenvalue weighted by atomic mass is 16.1. The lowest BCUT2D eigenvalue weighted by Crippen LogP contribution is -2.32. The zero-order valence-corrected chi connectivity index (χ0v) is 8.09. The van der Waals surface area contributed by atoms with E-state index in [-0.39, 0.29) is 5.91 Å². The lowest BCUT2D eigenvalue weighted by Gasteiger charge is -2.13. The summed E-state index contributed by atoms with van der Waals surface area (Å²) >= 11 is 0. The van der Waals surface area contributed by atoms with Crippen LogP contribution in [-0.4, -0.2) is 43.5 Å². The van der Waals surface area contributed by atoms with Gasteiger partial charge in [0.25, 0.3) is 0 Å². The molecule has 0 aromatic carbocycles. The summed E-state index contributed by atoms with van der Waals surface area (Å²) in [6, 6.07) is 0. The second-order valence-corrected chi connectivity index (χ2v) is 3.44. The highest BCUT2D eigenvalue weighted by Gasteiger charge is 2.12. The Hall–Kier alpha value is -0.610. The lowest BCUT2D eigenvalue weighted by atomic mass is 10.3. The number of hydrogen-bond donors (Lipinski definition) is 2. The number of amides is 1. The Bertz CT molecular complexity index is 155. The first-order valence-electron chi connectivity index (χ1n) is 5.02. The number of nitrogens with two attached hydrogens (primary N) is 1. The van der Waals surface area contributed by atoms with E-state index in [9.17, 15) is 4.79 Å². The molecule has 1 heterocycles. The van der Waals surface area contributed by atoms with Crippen LogP contribution in [0.3, 0.4) is 0 Å². The van der Waals surface area contributed by atoms with E-state index in [0.717, 1.165) is 19.6 Å². The molecule has 4 heteroatoms. The molecule has 0 aromatic heterocycles. The van der Waals surface area contributed by atoms with Gasteiger partial charge in [-0.3, -0.25) is 4.79 Å². The Labute approximate surface area is 79.5 Å². The molecule has 0 aromatic rings. The molecule has 0 unspecified atom stereocenters. The third-order valence-electron chi connectivity index (χ3n) is 2.32. The molecule has 4 nitrogen and oxygen atoms in total. The van der Waals surface area contributed by atoms with E-state index < -0.39 is 0 Å². The summed E-state index contributed by atoms with van der Waals surface area (Å²) < 4.78 is 0. The van der Waals surface area contributed by atoms with Crippen LogP contribution in [0.2, 0.25) is 0 Å². The zero-order chi connectivity index (χ0) is 9.52. The largest absolute Gasteiger partial charge is 0.355 e. The van der Waals surface area contributed by atoms with Crippen LogP contribution in [0.5, 0.6) is 0 Å². The van der Waals surface area contributed by atoms with Gasteiger partial charge in [0.1, 0.15) is 0 Å². The van der Waals surface area contributed by atoms with Crippen molar-refractivity contribution >= 4 is 5.91 Å². The Morgan fingerprint density at radius 1 is 1.38 bits per heavy atom. The number of hydrogen-bond acceptors (Lipinski definition) is 3. The quantitative estimate of drug-likeness (QED) is 0.610. The molecular weight excluding hydrogens is 166 g/mol. The maximum absolute atomic E-state index is 11.2. The first-order valence-corrected chi connectivity index (χ1v) is 5.02. The lowest BCUT2D eigenvalue weighted by molar-refractivity contribution is -0.121. The molecule has 0 aliphatic carbocycles. The number of rotatable bonds is 5. The van der Waals surface area contributed by atoms with Gasteiger partial charge >= 0.3 is 0 Å². The molecule has 0 spiro atoms. The van der Waals surface area contributed by atoms with E-state index in [1.165, 1.54) is 12.8 Å². The van der Waals surface area contributed by atoms with Crippen molar-refractivity contribution in [3.63, 3.8) is 0 Å². The van der Waals surface area contributed by atoms with Crippen molar-refractivity contribution in [2.45, 2.75) is 19.3 Å². The van der Waals surface area contributed by atoms with Crippen LogP contribution in [0.15, 0.2) is 0 Å². The summed E-state index contributed by atoms with van der Waals surface area (Å²) in [5.74, 6) is 0.123. The van der Waals surface area contributed by atoms with E-state index in [1.807, 2.05) is 0 Å². The molecule has 3 N–H and O–H groups in total. The van der Waals surface area contributed by atoms with E-state index in [0.29, 0.717) is 19.5 Å². The van der Waals surface area contributed by atoms with Crippen LogP contribution in [0, 0.1) is 0 Å². The molecule has 76 valence electrons. The minimum atomic E-state index is 0.123. The molecule has 1 rings (SSSR count). The van der Waals surface area contributed by atoms with Crippen molar-refractivity contribution in [3.8, 4) is 0 Å². The third kappa shape index (κ3) is 4.24. The molecule has 1 aliphatic heterocycles. The van der Waals surface area contributed by atoms with Gasteiger partial charge in [0.2, 0.25) is 5.91 Å². The van der Waals surface area contributed by atoms with Gasteiger partial charge in [-0.25, -0.2) is 0 Å². The Kier molecular flexibility index (Phi) is 4.78. The minimum Gasteiger partial charge on any atom is -0.355 e. The summed E-state index contributed by atoms with van der Waals surface area (Å²) in [6.07, 6.45) is 3.18. The van der Waals surface area contributed by atoms with E-state index in [4.69, 9.17) is 5.73 Å². The van der Waals surface area contributed by atoms with Crippen LogP contribution < -0.4 is 11.1 Å². The predicted molar refractivity (Wildman–Crippen MR) is 52.4 cm³/mol. The van der Waals surface area contributed by atoms with Gasteiger partial charge < -0.3 is 16.0 Å². The highest BCUT2D eigenvalue weighted by Crippen LogP contribution is 2.06. The summed E-state index contributed by atoms with van der Waals surface area (Å²) in [5, 5.41) is 2.77. The summed E-state index contributed by atoms with van der Waals surface area (Å²) in [6.45, 7) is 4.33. The molecule has 0 radical (unpaired) electrons. The zero-order valence-electron chi connectivity index (χ0n) is 8.09. The smallest absolute Gasteiger partial charge is 0.221 e. The normalized spacial score (nSPS) is 17.6. The number of nitrogens with zero attached hydrogens (tertiary/aromatic N) is 1. The molecular formula is C9H19N3O. The van der Waals surface area contributed by atoms with Crippen LogP contribution in [0.1, 0.15) is 19.3 Å². The number of carbonyl (C=O) groups is 1. The predicted octanol–water partition coefficient (Wildman–Crippen LogP) is -0.453. The number of likely N-dealkylation sites (tertiary alicyclic amines) is 1. The second kappa shape index (κ2) is 5.94. The fourth-order valence-corrected chi connectivity index (χ4v) is 1.57. The van der Waals surface area contributed by atoms with Crippen molar-refractivity contribution in [3.05, 3.63) is 0 Å². The number of carbonyl (C=O) groups excluding carboxylic acids is 1. The Balaban J connectivity index is 2.00. The van der Waals surface area contributed by atoms with Crippen LogP contribution in [0.4, 0.5) is 0 Å². The molecule has 1 aliphatic rings. The van der Waals surface area contributed by atoms with E-state index in [1.54, 1.807) is 0 Å². The first-order chi connectivity index (χ1) is 6.33. The highest BCUT2D eigenvalue weighted by molar-refractivity contribution is 5.76. The molecule has 1 amide bonds. The molecule has 0 atom stereocenters. The molecule has 13 heavy (non-hydrogen) atoms.